The molecule has 1 aromatic heterocycles. The maximum absolute atomic E-state index is 11.4. The van der Waals surface area contributed by atoms with Gasteiger partial charge in [-0.05, 0) is 12.8 Å². The zero-order chi connectivity index (χ0) is 10.8. The summed E-state index contributed by atoms with van der Waals surface area (Å²) in [7, 11) is 1.27. The number of rotatable bonds is 3. The molecule has 1 saturated carbocycles. The predicted molar refractivity (Wildman–Crippen MR) is 52.0 cm³/mol. The molecule has 5 nitrogen and oxygen atoms in total. The topological polar surface area (TPSA) is 61.3 Å². The van der Waals surface area contributed by atoms with E-state index in [-0.39, 0.29) is 22.7 Å². The highest BCUT2D eigenvalue weighted by Crippen LogP contribution is 2.30. The second kappa shape index (κ2) is 4.02. The molecule has 0 bridgehead atoms. The minimum Gasteiger partial charge on any atom is -0.474 e. The molecule has 0 radical (unpaired) electrons. The monoisotopic (exact) mass is 228 g/mol. The fraction of sp³-hybridized carbons (Fsp3) is 0.444. The molecule has 80 valence electrons. The molecule has 0 spiro atoms. The Morgan fingerprint density at radius 1 is 1.53 bits per heavy atom. The molecule has 1 aromatic rings. The van der Waals surface area contributed by atoms with E-state index >= 15 is 0 Å². The van der Waals surface area contributed by atoms with Crippen LogP contribution in [0.25, 0.3) is 0 Å². The van der Waals surface area contributed by atoms with Gasteiger partial charge in [-0.25, -0.2) is 14.8 Å². The van der Waals surface area contributed by atoms with Crippen LogP contribution in [0.1, 0.15) is 23.2 Å². The lowest BCUT2D eigenvalue weighted by molar-refractivity contribution is 0.0594. The summed E-state index contributed by atoms with van der Waals surface area (Å²) in [5.74, 6) is -0.388. The molecular weight excluding hydrogens is 220 g/mol. The van der Waals surface area contributed by atoms with Gasteiger partial charge in [0.2, 0.25) is 5.88 Å². The molecule has 0 saturated heterocycles. The summed E-state index contributed by atoms with van der Waals surface area (Å²) in [5, 5.41) is 0.0486. The average Bonchev–Trinajstić information content (AvgIpc) is 3.01. The first-order chi connectivity index (χ1) is 7.22. The Hall–Kier alpha value is -1.36. The Morgan fingerprint density at radius 2 is 2.27 bits per heavy atom. The molecule has 0 unspecified atom stereocenters. The molecule has 1 aliphatic carbocycles. The van der Waals surface area contributed by atoms with Crippen LogP contribution in [0.5, 0.6) is 5.88 Å². The van der Waals surface area contributed by atoms with E-state index in [2.05, 4.69) is 14.7 Å². The van der Waals surface area contributed by atoms with E-state index in [1.165, 1.54) is 13.4 Å². The van der Waals surface area contributed by atoms with Crippen molar-refractivity contribution in [2.45, 2.75) is 18.9 Å². The quantitative estimate of drug-likeness (QED) is 0.579. The van der Waals surface area contributed by atoms with Crippen molar-refractivity contribution in [2.24, 2.45) is 0 Å². The third kappa shape index (κ3) is 2.18. The number of hydrogen-bond donors (Lipinski definition) is 0. The molecule has 6 heteroatoms. The molecule has 0 aromatic carbocycles. The third-order valence-corrected chi connectivity index (χ3v) is 2.24. The zero-order valence-electron chi connectivity index (χ0n) is 8.07. The van der Waals surface area contributed by atoms with E-state index in [9.17, 15) is 4.79 Å². The van der Waals surface area contributed by atoms with Crippen molar-refractivity contribution in [1.29, 1.82) is 0 Å². The predicted octanol–water partition coefficient (Wildman–Crippen LogP) is 1.46. The Bertz CT molecular complexity index is 393. The maximum Gasteiger partial charge on any atom is 0.346 e. The molecule has 0 N–H and O–H groups in total. The number of carbonyl (C=O) groups is 1. The second-order valence-electron chi connectivity index (χ2n) is 3.15. The molecule has 0 atom stereocenters. The average molecular weight is 229 g/mol. The highest BCUT2D eigenvalue weighted by molar-refractivity contribution is 6.32. The first-order valence-electron chi connectivity index (χ1n) is 4.48. The van der Waals surface area contributed by atoms with Gasteiger partial charge < -0.3 is 9.47 Å². The van der Waals surface area contributed by atoms with Crippen LogP contribution in [0, 0.1) is 0 Å². The molecule has 15 heavy (non-hydrogen) atoms. The number of methoxy groups -OCH3 is 1. The first kappa shape index (κ1) is 10.2. The van der Waals surface area contributed by atoms with Crippen LogP contribution < -0.4 is 4.74 Å². The summed E-state index contributed by atoms with van der Waals surface area (Å²) in [6.07, 6.45) is 3.34. The highest BCUT2D eigenvalue weighted by Gasteiger charge is 2.28. The van der Waals surface area contributed by atoms with Gasteiger partial charge in [-0.15, -0.1) is 0 Å². The lowest BCUT2D eigenvalue weighted by Crippen LogP contribution is -2.10. The van der Waals surface area contributed by atoms with Crippen LogP contribution >= 0.6 is 11.6 Å². The van der Waals surface area contributed by atoms with Crippen LogP contribution in [0.15, 0.2) is 6.33 Å². The third-order valence-electron chi connectivity index (χ3n) is 1.96. The number of esters is 1. The summed E-state index contributed by atoms with van der Waals surface area (Å²) >= 11 is 5.77. The molecule has 1 fully saturated rings. The summed E-state index contributed by atoms with van der Waals surface area (Å²) in [6, 6.07) is 0. The molecule has 2 rings (SSSR count). The van der Waals surface area contributed by atoms with Crippen LogP contribution in [0.4, 0.5) is 0 Å². The van der Waals surface area contributed by atoms with Crippen molar-refractivity contribution in [3.63, 3.8) is 0 Å². The van der Waals surface area contributed by atoms with Crippen LogP contribution in [-0.4, -0.2) is 29.2 Å². The normalized spacial score (nSPS) is 14.8. The van der Waals surface area contributed by atoms with Crippen molar-refractivity contribution in [1.82, 2.24) is 9.97 Å². The maximum atomic E-state index is 11.4. The van der Waals surface area contributed by atoms with Gasteiger partial charge in [0.05, 0.1) is 7.11 Å². The van der Waals surface area contributed by atoms with Gasteiger partial charge >= 0.3 is 5.97 Å². The SMILES string of the molecule is COC(=O)c1c(Cl)ncnc1OC1CC1. The van der Waals surface area contributed by atoms with Crippen LogP contribution in [0.2, 0.25) is 5.15 Å². The minimum absolute atomic E-state index is 0.0486. The van der Waals surface area contributed by atoms with Gasteiger partial charge in [0.15, 0.2) is 10.7 Å². The lowest BCUT2D eigenvalue weighted by atomic mass is 10.3. The lowest BCUT2D eigenvalue weighted by Gasteiger charge is -2.08. The van der Waals surface area contributed by atoms with Crippen molar-refractivity contribution in [2.75, 3.05) is 7.11 Å². The largest absolute Gasteiger partial charge is 0.474 e. The second-order valence-corrected chi connectivity index (χ2v) is 3.51. The summed E-state index contributed by atoms with van der Waals surface area (Å²) in [6.45, 7) is 0. The van der Waals surface area contributed by atoms with E-state index in [4.69, 9.17) is 16.3 Å². The van der Waals surface area contributed by atoms with Crippen molar-refractivity contribution < 1.29 is 14.3 Å². The fourth-order valence-electron chi connectivity index (χ4n) is 1.06. The van der Waals surface area contributed by atoms with Gasteiger partial charge in [0.1, 0.15) is 12.4 Å². The van der Waals surface area contributed by atoms with Gasteiger partial charge in [-0.2, -0.15) is 0 Å². The Balaban J connectivity index is 2.33. The number of ether oxygens (including phenoxy) is 2. The summed E-state index contributed by atoms with van der Waals surface area (Å²) in [5.41, 5.74) is 0.0913. The van der Waals surface area contributed by atoms with Crippen molar-refractivity contribution >= 4 is 17.6 Å². The summed E-state index contributed by atoms with van der Waals surface area (Å²) in [4.78, 5) is 19.0. The number of halogens is 1. The Kier molecular flexibility index (Phi) is 2.73. The molecular formula is C9H9ClN2O3. The van der Waals surface area contributed by atoms with Gasteiger partial charge in [0.25, 0.3) is 0 Å². The molecule has 1 heterocycles. The standard InChI is InChI=1S/C9H9ClN2O3/c1-14-9(13)6-7(10)11-4-12-8(6)15-5-2-3-5/h4-5H,2-3H2,1H3. The van der Waals surface area contributed by atoms with Crippen LogP contribution in [0.3, 0.4) is 0 Å². The van der Waals surface area contributed by atoms with E-state index in [1.54, 1.807) is 0 Å². The van der Waals surface area contributed by atoms with E-state index in [0.717, 1.165) is 12.8 Å². The molecule has 1 aliphatic rings. The number of hydrogen-bond acceptors (Lipinski definition) is 5. The Labute approximate surface area is 91.4 Å². The van der Waals surface area contributed by atoms with Gasteiger partial charge in [0, 0.05) is 0 Å². The Morgan fingerprint density at radius 3 is 2.87 bits per heavy atom. The van der Waals surface area contributed by atoms with E-state index in [0.29, 0.717) is 0 Å². The van der Waals surface area contributed by atoms with E-state index < -0.39 is 5.97 Å². The molecule has 0 aliphatic heterocycles. The van der Waals surface area contributed by atoms with E-state index in [1.807, 2.05) is 0 Å². The number of nitrogens with zero attached hydrogens (tertiary/aromatic N) is 2. The zero-order valence-corrected chi connectivity index (χ0v) is 8.82. The first-order valence-corrected chi connectivity index (χ1v) is 4.85. The number of carbonyl (C=O) groups excluding carboxylic acids is 1. The van der Waals surface area contributed by atoms with Crippen molar-refractivity contribution in [3.05, 3.63) is 17.0 Å². The van der Waals surface area contributed by atoms with Gasteiger partial charge in [-0.3, -0.25) is 0 Å². The number of aromatic nitrogens is 2. The smallest absolute Gasteiger partial charge is 0.346 e. The minimum atomic E-state index is -0.587. The van der Waals surface area contributed by atoms with Crippen LogP contribution in [-0.2, 0) is 4.74 Å². The fourth-order valence-corrected chi connectivity index (χ4v) is 1.26. The summed E-state index contributed by atoms with van der Waals surface area (Å²) < 4.78 is 10.0. The molecule has 0 amide bonds. The van der Waals surface area contributed by atoms with Gasteiger partial charge in [-0.1, -0.05) is 11.6 Å². The highest BCUT2D eigenvalue weighted by atomic mass is 35.5. The van der Waals surface area contributed by atoms with Crippen molar-refractivity contribution in [3.8, 4) is 5.88 Å².